The molecule has 2 bridgehead atoms. The molecule has 0 amide bonds. The zero-order valence-corrected chi connectivity index (χ0v) is 9.84. The number of hydrogen-bond donors (Lipinski definition) is 0. The van der Waals surface area contributed by atoms with E-state index in [0.717, 1.165) is 13.1 Å². The van der Waals surface area contributed by atoms with Crippen molar-refractivity contribution in [3.05, 3.63) is 35.9 Å². The molecular weight excluding hydrogens is 214 g/mol. The molecule has 2 unspecified atom stereocenters. The van der Waals surface area contributed by atoms with Crippen LogP contribution in [0, 0.1) is 0 Å². The van der Waals surface area contributed by atoms with E-state index in [4.69, 9.17) is 4.74 Å². The molecule has 2 atom stereocenters. The van der Waals surface area contributed by atoms with E-state index >= 15 is 0 Å². The van der Waals surface area contributed by atoms with Crippen molar-refractivity contribution in [3.8, 4) is 0 Å². The van der Waals surface area contributed by atoms with E-state index in [-0.39, 0.29) is 12.1 Å². The summed E-state index contributed by atoms with van der Waals surface area (Å²) >= 11 is 0. The molecule has 0 radical (unpaired) electrons. The van der Waals surface area contributed by atoms with Crippen molar-refractivity contribution >= 4 is 5.78 Å². The lowest BCUT2D eigenvalue weighted by atomic mass is 10.1. The van der Waals surface area contributed by atoms with Crippen LogP contribution in [0.25, 0.3) is 0 Å². The molecule has 3 nitrogen and oxygen atoms in total. The predicted molar refractivity (Wildman–Crippen MR) is 64.6 cm³/mol. The summed E-state index contributed by atoms with van der Waals surface area (Å²) in [6, 6.07) is 10.7. The first-order chi connectivity index (χ1) is 8.31. The number of nitrogens with zero attached hydrogens (tertiary/aromatic N) is 1. The Morgan fingerprint density at radius 3 is 2.88 bits per heavy atom. The average Bonchev–Trinajstić information content (AvgIpc) is 2.59. The van der Waals surface area contributed by atoms with Gasteiger partial charge in [-0.05, 0) is 5.56 Å². The van der Waals surface area contributed by atoms with E-state index in [1.54, 1.807) is 0 Å². The molecular formula is C14H17NO2. The Morgan fingerprint density at radius 1 is 1.24 bits per heavy atom. The normalized spacial score (nSPS) is 29.3. The summed E-state index contributed by atoms with van der Waals surface area (Å²) in [6.45, 7) is 2.53. The van der Waals surface area contributed by atoms with Crippen LogP contribution in [0.15, 0.2) is 30.3 Å². The van der Waals surface area contributed by atoms with Crippen molar-refractivity contribution < 1.29 is 9.53 Å². The highest BCUT2D eigenvalue weighted by Gasteiger charge is 2.35. The third-order valence-corrected chi connectivity index (χ3v) is 3.63. The van der Waals surface area contributed by atoms with Crippen LogP contribution in [0.2, 0.25) is 0 Å². The Hall–Kier alpha value is -1.19. The number of benzene rings is 1. The maximum Gasteiger partial charge on any atom is 0.137 e. The molecule has 3 aliphatic rings. The molecule has 0 saturated carbocycles. The number of rotatable bonds is 2. The SMILES string of the molecule is O=C1CC2CN(Cc3ccccc3)C(CO2)C1. The third kappa shape index (κ3) is 2.40. The fourth-order valence-corrected chi connectivity index (χ4v) is 2.74. The van der Waals surface area contributed by atoms with Gasteiger partial charge in [-0.2, -0.15) is 0 Å². The number of ether oxygens (including phenoxy) is 1. The van der Waals surface area contributed by atoms with E-state index in [1.165, 1.54) is 5.56 Å². The maximum atomic E-state index is 11.6. The van der Waals surface area contributed by atoms with Crippen LogP contribution in [0.4, 0.5) is 0 Å². The summed E-state index contributed by atoms with van der Waals surface area (Å²) in [4.78, 5) is 14.0. The van der Waals surface area contributed by atoms with Crippen LogP contribution in [0.5, 0.6) is 0 Å². The quantitative estimate of drug-likeness (QED) is 0.774. The minimum Gasteiger partial charge on any atom is -0.375 e. The molecule has 0 spiro atoms. The summed E-state index contributed by atoms with van der Waals surface area (Å²) in [5.74, 6) is 0.355. The molecule has 1 aromatic carbocycles. The number of fused-ring (bicyclic) bond motifs is 4. The molecule has 0 aromatic heterocycles. The highest BCUT2D eigenvalue weighted by atomic mass is 16.5. The highest BCUT2D eigenvalue weighted by molar-refractivity contribution is 5.80. The molecule has 17 heavy (non-hydrogen) atoms. The van der Waals surface area contributed by atoms with Crippen LogP contribution in [-0.2, 0) is 16.1 Å². The van der Waals surface area contributed by atoms with Gasteiger partial charge in [-0.25, -0.2) is 0 Å². The second-order valence-corrected chi connectivity index (χ2v) is 4.97. The molecule has 3 aliphatic heterocycles. The number of carbonyl (C=O) groups is 1. The lowest BCUT2D eigenvalue weighted by Crippen LogP contribution is -2.46. The Bertz CT molecular complexity index is 404. The first-order valence-electron chi connectivity index (χ1n) is 6.22. The summed E-state index contributed by atoms with van der Waals surface area (Å²) in [7, 11) is 0. The van der Waals surface area contributed by atoms with Gasteiger partial charge in [0.15, 0.2) is 0 Å². The Kier molecular flexibility index (Phi) is 2.95. The van der Waals surface area contributed by atoms with Crippen molar-refractivity contribution in [1.29, 1.82) is 0 Å². The van der Waals surface area contributed by atoms with E-state index in [0.29, 0.717) is 25.2 Å². The van der Waals surface area contributed by atoms with Gasteiger partial charge in [0.25, 0.3) is 0 Å². The Labute approximate surface area is 101 Å². The minimum atomic E-state index is 0.116. The van der Waals surface area contributed by atoms with Crippen molar-refractivity contribution in [2.75, 3.05) is 13.2 Å². The van der Waals surface area contributed by atoms with Gasteiger partial charge in [-0.3, -0.25) is 9.69 Å². The van der Waals surface area contributed by atoms with Crippen molar-refractivity contribution in [2.45, 2.75) is 31.5 Å². The molecule has 0 aliphatic carbocycles. The molecule has 3 fully saturated rings. The van der Waals surface area contributed by atoms with Gasteiger partial charge in [0.1, 0.15) is 5.78 Å². The maximum absolute atomic E-state index is 11.6. The second-order valence-electron chi connectivity index (χ2n) is 4.97. The lowest BCUT2D eigenvalue weighted by molar-refractivity contribution is -0.119. The summed E-state index contributed by atoms with van der Waals surface area (Å²) in [6.07, 6.45) is 1.37. The number of carbonyl (C=O) groups excluding carboxylic acids is 1. The van der Waals surface area contributed by atoms with E-state index in [2.05, 4.69) is 29.2 Å². The monoisotopic (exact) mass is 231 g/mol. The average molecular weight is 231 g/mol. The summed E-state index contributed by atoms with van der Waals surface area (Å²) in [5.41, 5.74) is 1.31. The van der Waals surface area contributed by atoms with Crippen molar-refractivity contribution in [3.63, 3.8) is 0 Å². The van der Waals surface area contributed by atoms with Gasteiger partial charge in [-0.1, -0.05) is 30.3 Å². The Morgan fingerprint density at radius 2 is 2.06 bits per heavy atom. The first-order valence-corrected chi connectivity index (χ1v) is 6.22. The van der Waals surface area contributed by atoms with Gasteiger partial charge in [-0.15, -0.1) is 0 Å². The number of hydrogen-bond acceptors (Lipinski definition) is 3. The molecule has 0 N–H and O–H groups in total. The Balaban J connectivity index is 1.74. The topological polar surface area (TPSA) is 29.5 Å². The fraction of sp³-hybridized carbons (Fsp3) is 0.500. The number of morpholine rings is 1. The van der Waals surface area contributed by atoms with Crippen LogP contribution in [-0.4, -0.2) is 36.0 Å². The zero-order valence-electron chi connectivity index (χ0n) is 9.84. The van der Waals surface area contributed by atoms with Crippen LogP contribution >= 0.6 is 0 Å². The summed E-state index contributed by atoms with van der Waals surface area (Å²) in [5, 5.41) is 0. The van der Waals surface area contributed by atoms with Crippen LogP contribution in [0.1, 0.15) is 18.4 Å². The largest absolute Gasteiger partial charge is 0.375 e. The molecule has 3 saturated heterocycles. The van der Waals surface area contributed by atoms with Gasteiger partial charge >= 0.3 is 0 Å². The van der Waals surface area contributed by atoms with E-state index < -0.39 is 0 Å². The van der Waals surface area contributed by atoms with Crippen LogP contribution < -0.4 is 0 Å². The van der Waals surface area contributed by atoms with Gasteiger partial charge in [0.2, 0.25) is 0 Å². The molecule has 3 heteroatoms. The molecule has 4 rings (SSSR count). The fourth-order valence-electron chi connectivity index (χ4n) is 2.74. The third-order valence-electron chi connectivity index (χ3n) is 3.63. The van der Waals surface area contributed by atoms with Gasteiger partial charge in [0.05, 0.1) is 12.7 Å². The van der Waals surface area contributed by atoms with Gasteiger partial charge in [0, 0.05) is 32.0 Å². The first kappa shape index (κ1) is 10.9. The van der Waals surface area contributed by atoms with Crippen molar-refractivity contribution in [1.82, 2.24) is 4.90 Å². The van der Waals surface area contributed by atoms with Gasteiger partial charge < -0.3 is 4.74 Å². The zero-order chi connectivity index (χ0) is 11.7. The van der Waals surface area contributed by atoms with Crippen LogP contribution in [0.3, 0.4) is 0 Å². The number of ketones is 1. The summed E-state index contributed by atoms with van der Waals surface area (Å²) < 4.78 is 5.68. The lowest BCUT2D eigenvalue weighted by Gasteiger charge is -2.36. The van der Waals surface area contributed by atoms with E-state index in [1.807, 2.05) is 6.07 Å². The van der Waals surface area contributed by atoms with Crippen molar-refractivity contribution in [2.24, 2.45) is 0 Å². The number of Topliss-reactive ketones (excluding diaryl/α,β-unsaturated/α-hetero) is 1. The standard InChI is InChI=1S/C14H17NO2/c16-13-6-12-10-17-14(7-13)9-15(12)8-11-4-2-1-3-5-11/h1-5,12,14H,6-10H2. The second kappa shape index (κ2) is 4.59. The molecule has 90 valence electrons. The smallest absolute Gasteiger partial charge is 0.137 e. The minimum absolute atomic E-state index is 0.116. The highest BCUT2D eigenvalue weighted by Crippen LogP contribution is 2.24. The molecule has 1 aromatic rings. The predicted octanol–water partition coefficient (Wildman–Crippen LogP) is 1.62. The molecule has 3 heterocycles. The van der Waals surface area contributed by atoms with E-state index in [9.17, 15) is 4.79 Å².